The monoisotopic (exact) mass is 341 g/mol. The third kappa shape index (κ3) is 4.35. The van der Waals surface area contributed by atoms with Gasteiger partial charge in [0, 0.05) is 30.3 Å². The maximum absolute atomic E-state index is 13.9. The van der Waals surface area contributed by atoms with Crippen LogP contribution in [0.1, 0.15) is 34.3 Å². The van der Waals surface area contributed by atoms with Crippen LogP contribution in [-0.2, 0) is 13.1 Å². The largest absolute Gasteiger partial charge is 0.352 e. The van der Waals surface area contributed by atoms with Crippen LogP contribution in [0.5, 0.6) is 0 Å². The minimum absolute atomic E-state index is 0.111. The lowest BCUT2D eigenvalue weighted by atomic mass is 10.1. The zero-order valence-electron chi connectivity index (χ0n) is 13.7. The molecule has 1 aliphatic rings. The van der Waals surface area contributed by atoms with Gasteiger partial charge in [0.05, 0.1) is 0 Å². The lowest BCUT2D eigenvalue weighted by molar-refractivity contribution is 0.0728. The summed E-state index contributed by atoms with van der Waals surface area (Å²) in [6.07, 6.45) is 1.89. The number of nitrogens with zero attached hydrogens (tertiary/aromatic N) is 1. The van der Waals surface area contributed by atoms with Crippen LogP contribution in [0.25, 0.3) is 0 Å². The number of nitrogens with two attached hydrogens (primary N) is 1. The van der Waals surface area contributed by atoms with Gasteiger partial charge >= 0.3 is 6.03 Å². The molecule has 0 aliphatic heterocycles. The summed E-state index contributed by atoms with van der Waals surface area (Å²) in [6.45, 7) is 0.576. The van der Waals surface area contributed by atoms with E-state index in [1.54, 1.807) is 47.4 Å². The van der Waals surface area contributed by atoms with Gasteiger partial charge in [-0.25, -0.2) is 9.18 Å². The maximum atomic E-state index is 13.9. The fourth-order valence-corrected chi connectivity index (χ4v) is 2.68. The second kappa shape index (κ2) is 7.34. The van der Waals surface area contributed by atoms with Crippen molar-refractivity contribution in [3.8, 4) is 0 Å². The topological polar surface area (TPSA) is 75.4 Å². The van der Waals surface area contributed by atoms with E-state index in [4.69, 9.17) is 5.73 Å². The first-order valence-electron chi connectivity index (χ1n) is 8.21. The van der Waals surface area contributed by atoms with Crippen molar-refractivity contribution < 1.29 is 14.0 Å². The van der Waals surface area contributed by atoms with Crippen molar-refractivity contribution in [2.24, 2.45) is 5.73 Å². The SMILES string of the molecule is NC(=O)NCc1ccc(C(=O)N(Cc2ccccc2F)C2CC2)cc1. The average molecular weight is 341 g/mol. The number of rotatable bonds is 6. The lowest BCUT2D eigenvalue weighted by Crippen LogP contribution is -2.33. The molecule has 2 aromatic rings. The Morgan fingerprint density at radius 1 is 1.12 bits per heavy atom. The Labute approximate surface area is 145 Å². The van der Waals surface area contributed by atoms with Crippen molar-refractivity contribution in [1.82, 2.24) is 10.2 Å². The Morgan fingerprint density at radius 2 is 1.80 bits per heavy atom. The second-order valence-electron chi connectivity index (χ2n) is 6.17. The molecule has 0 saturated heterocycles. The van der Waals surface area contributed by atoms with E-state index in [2.05, 4.69) is 5.32 Å². The average Bonchev–Trinajstić information content (AvgIpc) is 3.44. The molecular formula is C19H20FN3O2. The Balaban J connectivity index is 1.72. The number of hydrogen-bond acceptors (Lipinski definition) is 2. The van der Waals surface area contributed by atoms with Crippen molar-refractivity contribution in [3.05, 3.63) is 71.0 Å². The molecule has 6 heteroatoms. The van der Waals surface area contributed by atoms with Gasteiger partial charge in [0.2, 0.25) is 0 Å². The third-order valence-electron chi connectivity index (χ3n) is 4.21. The molecule has 3 rings (SSSR count). The molecule has 0 unspecified atom stereocenters. The molecule has 1 aliphatic carbocycles. The molecule has 5 nitrogen and oxygen atoms in total. The lowest BCUT2D eigenvalue weighted by Gasteiger charge is -2.23. The molecule has 0 heterocycles. The predicted octanol–water partition coefficient (Wildman–Crippen LogP) is 2.80. The Bertz CT molecular complexity index is 772. The van der Waals surface area contributed by atoms with Crippen molar-refractivity contribution in [3.63, 3.8) is 0 Å². The Hall–Kier alpha value is -2.89. The smallest absolute Gasteiger partial charge is 0.312 e. The van der Waals surface area contributed by atoms with Crippen LogP contribution in [0.3, 0.4) is 0 Å². The number of benzene rings is 2. The van der Waals surface area contributed by atoms with Crippen molar-refractivity contribution >= 4 is 11.9 Å². The van der Waals surface area contributed by atoms with E-state index in [1.807, 2.05) is 0 Å². The van der Waals surface area contributed by atoms with Gasteiger partial charge in [0.25, 0.3) is 5.91 Å². The molecular weight excluding hydrogens is 321 g/mol. The molecule has 3 amide bonds. The highest BCUT2D eigenvalue weighted by Crippen LogP contribution is 2.30. The molecule has 1 saturated carbocycles. The van der Waals surface area contributed by atoms with Gasteiger partial charge in [-0.2, -0.15) is 0 Å². The molecule has 3 N–H and O–H groups in total. The van der Waals surface area contributed by atoms with E-state index in [1.165, 1.54) is 6.07 Å². The number of halogens is 1. The summed E-state index contributed by atoms with van der Waals surface area (Å²) in [7, 11) is 0. The van der Waals surface area contributed by atoms with E-state index < -0.39 is 6.03 Å². The second-order valence-corrected chi connectivity index (χ2v) is 6.17. The van der Waals surface area contributed by atoms with E-state index in [0.717, 1.165) is 18.4 Å². The molecule has 0 spiro atoms. The highest BCUT2D eigenvalue weighted by molar-refractivity contribution is 5.94. The first-order valence-corrected chi connectivity index (χ1v) is 8.21. The zero-order valence-corrected chi connectivity index (χ0v) is 13.7. The summed E-state index contributed by atoms with van der Waals surface area (Å²) in [5.41, 5.74) is 6.96. The van der Waals surface area contributed by atoms with E-state index in [0.29, 0.717) is 17.7 Å². The minimum atomic E-state index is -0.593. The van der Waals surface area contributed by atoms with Crippen LogP contribution in [-0.4, -0.2) is 22.9 Å². The van der Waals surface area contributed by atoms with E-state index in [-0.39, 0.29) is 24.3 Å². The summed E-state index contributed by atoms with van der Waals surface area (Å²) in [5.74, 6) is -0.408. The molecule has 25 heavy (non-hydrogen) atoms. The molecule has 0 bridgehead atoms. The number of amides is 3. The van der Waals surface area contributed by atoms with Crippen LogP contribution < -0.4 is 11.1 Å². The number of hydrogen-bond donors (Lipinski definition) is 2. The first kappa shape index (κ1) is 17.0. The predicted molar refractivity (Wildman–Crippen MR) is 92.2 cm³/mol. The summed E-state index contributed by atoms with van der Waals surface area (Å²) in [4.78, 5) is 25.3. The number of nitrogens with one attached hydrogen (secondary N) is 1. The van der Waals surface area contributed by atoms with Gasteiger partial charge in [-0.15, -0.1) is 0 Å². The van der Waals surface area contributed by atoms with Crippen LogP contribution in [0, 0.1) is 5.82 Å². The van der Waals surface area contributed by atoms with Gasteiger partial charge in [-0.3, -0.25) is 4.79 Å². The molecule has 130 valence electrons. The van der Waals surface area contributed by atoms with Crippen LogP contribution in [0.4, 0.5) is 9.18 Å². The summed E-state index contributed by atoms with van der Waals surface area (Å²) in [6, 6.07) is 13.1. The molecule has 1 fully saturated rings. The maximum Gasteiger partial charge on any atom is 0.312 e. The Kier molecular flexibility index (Phi) is 4.97. The highest BCUT2D eigenvalue weighted by Gasteiger charge is 2.33. The fraction of sp³-hybridized carbons (Fsp3) is 0.263. The van der Waals surface area contributed by atoms with E-state index >= 15 is 0 Å². The van der Waals surface area contributed by atoms with Gasteiger partial charge in [-0.05, 0) is 36.6 Å². The van der Waals surface area contributed by atoms with Crippen molar-refractivity contribution in [2.75, 3.05) is 0 Å². The van der Waals surface area contributed by atoms with Crippen LogP contribution >= 0.6 is 0 Å². The summed E-state index contributed by atoms with van der Waals surface area (Å²) >= 11 is 0. The Morgan fingerprint density at radius 3 is 2.40 bits per heavy atom. The number of carbonyl (C=O) groups excluding carboxylic acids is 2. The van der Waals surface area contributed by atoms with Gasteiger partial charge < -0.3 is 16.0 Å². The molecule has 2 aromatic carbocycles. The first-order chi connectivity index (χ1) is 12.0. The number of urea groups is 1. The summed E-state index contributed by atoms with van der Waals surface area (Å²) in [5, 5.41) is 2.50. The van der Waals surface area contributed by atoms with Crippen molar-refractivity contribution in [2.45, 2.75) is 32.0 Å². The van der Waals surface area contributed by atoms with Crippen LogP contribution in [0.15, 0.2) is 48.5 Å². The fourth-order valence-electron chi connectivity index (χ4n) is 2.68. The van der Waals surface area contributed by atoms with Gasteiger partial charge in [0.1, 0.15) is 5.82 Å². The normalized spacial score (nSPS) is 13.3. The standard InChI is InChI=1S/C19H20FN3O2/c20-17-4-2-1-3-15(17)12-23(16-9-10-16)18(24)14-7-5-13(6-8-14)11-22-19(21)25/h1-8,16H,9-12H2,(H3,21,22,25). The quantitative estimate of drug-likeness (QED) is 0.848. The minimum Gasteiger partial charge on any atom is -0.352 e. The van der Waals surface area contributed by atoms with E-state index in [9.17, 15) is 14.0 Å². The highest BCUT2D eigenvalue weighted by atomic mass is 19.1. The van der Waals surface area contributed by atoms with Crippen LogP contribution in [0.2, 0.25) is 0 Å². The summed E-state index contributed by atoms with van der Waals surface area (Å²) < 4.78 is 13.9. The zero-order chi connectivity index (χ0) is 17.8. The number of primary amides is 1. The van der Waals surface area contributed by atoms with Gasteiger partial charge in [-0.1, -0.05) is 30.3 Å². The molecule has 0 radical (unpaired) electrons. The third-order valence-corrected chi connectivity index (χ3v) is 4.21. The number of carbonyl (C=O) groups is 2. The molecule has 0 atom stereocenters. The molecule has 0 aromatic heterocycles. The van der Waals surface area contributed by atoms with Crippen molar-refractivity contribution in [1.29, 1.82) is 0 Å². The van der Waals surface area contributed by atoms with Gasteiger partial charge in [0.15, 0.2) is 0 Å².